The van der Waals surface area contributed by atoms with Crippen molar-refractivity contribution >= 4 is 23.0 Å². The molecular formula is C21H24FN3O3. The Kier molecular flexibility index (Phi) is 5.73. The first-order valence-electron chi connectivity index (χ1n) is 9.57. The highest BCUT2D eigenvalue weighted by Gasteiger charge is 2.20. The molecule has 0 radical (unpaired) electrons. The van der Waals surface area contributed by atoms with Crippen LogP contribution in [0.3, 0.4) is 0 Å². The molecule has 6 nitrogen and oxygen atoms in total. The molecule has 28 heavy (non-hydrogen) atoms. The van der Waals surface area contributed by atoms with Gasteiger partial charge in [0.25, 0.3) is 5.91 Å². The highest BCUT2D eigenvalue weighted by atomic mass is 19.1. The summed E-state index contributed by atoms with van der Waals surface area (Å²) < 4.78 is 24.4. The van der Waals surface area contributed by atoms with E-state index < -0.39 is 5.82 Å². The number of amides is 1. The fourth-order valence-corrected chi connectivity index (χ4v) is 3.53. The zero-order valence-electron chi connectivity index (χ0n) is 15.7. The van der Waals surface area contributed by atoms with Crippen molar-refractivity contribution in [2.45, 2.75) is 0 Å². The molecular weight excluding hydrogens is 361 g/mol. The third kappa shape index (κ3) is 4.26. The molecule has 2 aliphatic heterocycles. The predicted octanol–water partition coefficient (Wildman–Crippen LogP) is 2.75. The molecule has 2 aliphatic rings. The van der Waals surface area contributed by atoms with Crippen molar-refractivity contribution in [2.75, 3.05) is 67.7 Å². The van der Waals surface area contributed by atoms with Crippen LogP contribution in [0.15, 0.2) is 42.5 Å². The molecule has 1 N–H and O–H groups in total. The van der Waals surface area contributed by atoms with Gasteiger partial charge in [0.15, 0.2) is 0 Å². The van der Waals surface area contributed by atoms with E-state index in [1.165, 1.54) is 18.2 Å². The maximum Gasteiger partial charge on any atom is 0.255 e. The van der Waals surface area contributed by atoms with E-state index in [0.29, 0.717) is 37.7 Å². The van der Waals surface area contributed by atoms with Crippen LogP contribution in [0.25, 0.3) is 0 Å². The maximum atomic E-state index is 13.5. The zero-order chi connectivity index (χ0) is 19.3. The minimum absolute atomic E-state index is 0.296. The first-order chi connectivity index (χ1) is 13.7. The Morgan fingerprint density at radius 3 is 2.25 bits per heavy atom. The van der Waals surface area contributed by atoms with Crippen LogP contribution in [-0.4, -0.2) is 58.5 Å². The highest BCUT2D eigenvalue weighted by Crippen LogP contribution is 2.32. The monoisotopic (exact) mass is 385 g/mol. The Labute approximate surface area is 163 Å². The van der Waals surface area contributed by atoms with Crippen LogP contribution in [0.2, 0.25) is 0 Å². The fourth-order valence-electron chi connectivity index (χ4n) is 3.53. The lowest BCUT2D eigenvalue weighted by molar-refractivity contribution is 0.102. The Bertz CT molecular complexity index is 833. The second-order valence-electron chi connectivity index (χ2n) is 6.86. The van der Waals surface area contributed by atoms with Crippen LogP contribution in [0.5, 0.6) is 0 Å². The van der Waals surface area contributed by atoms with Gasteiger partial charge in [-0.15, -0.1) is 0 Å². The SMILES string of the molecule is O=C(Nc1ccc(N2CCOCC2)cc1N1CCOCC1)c1cccc(F)c1. The number of morpholine rings is 2. The predicted molar refractivity (Wildman–Crippen MR) is 107 cm³/mol. The van der Waals surface area contributed by atoms with Crippen molar-refractivity contribution in [2.24, 2.45) is 0 Å². The van der Waals surface area contributed by atoms with Gasteiger partial charge in [0.05, 0.1) is 37.8 Å². The molecule has 0 spiro atoms. The third-order valence-corrected chi connectivity index (χ3v) is 5.04. The molecule has 0 saturated carbocycles. The molecule has 2 aromatic carbocycles. The third-order valence-electron chi connectivity index (χ3n) is 5.04. The van der Waals surface area contributed by atoms with E-state index in [1.54, 1.807) is 6.07 Å². The van der Waals surface area contributed by atoms with Crippen molar-refractivity contribution in [3.63, 3.8) is 0 Å². The summed E-state index contributed by atoms with van der Waals surface area (Å²) in [7, 11) is 0. The summed E-state index contributed by atoms with van der Waals surface area (Å²) in [6.45, 7) is 5.94. The van der Waals surface area contributed by atoms with E-state index in [2.05, 4.69) is 21.2 Å². The molecule has 0 atom stereocenters. The molecule has 2 heterocycles. The summed E-state index contributed by atoms with van der Waals surface area (Å²) in [5, 5.41) is 2.95. The number of ether oxygens (including phenoxy) is 2. The Balaban J connectivity index is 1.62. The quantitative estimate of drug-likeness (QED) is 0.877. The molecule has 0 aliphatic carbocycles. The van der Waals surface area contributed by atoms with E-state index in [9.17, 15) is 9.18 Å². The summed E-state index contributed by atoms with van der Waals surface area (Å²) in [4.78, 5) is 17.1. The van der Waals surface area contributed by atoms with Crippen molar-refractivity contribution < 1.29 is 18.7 Å². The molecule has 1 amide bonds. The first-order valence-corrected chi connectivity index (χ1v) is 9.57. The molecule has 0 unspecified atom stereocenters. The number of carbonyl (C=O) groups is 1. The maximum absolute atomic E-state index is 13.5. The van der Waals surface area contributed by atoms with Crippen molar-refractivity contribution in [3.8, 4) is 0 Å². The fraction of sp³-hybridized carbons (Fsp3) is 0.381. The molecule has 4 rings (SSSR count). The number of hydrogen-bond acceptors (Lipinski definition) is 5. The van der Waals surface area contributed by atoms with Gasteiger partial charge in [0, 0.05) is 37.4 Å². The number of anilines is 3. The highest BCUT2D eigenvalue weighted by molar-refractivity contribution is 6.06. The number of benzene rings is 2. The molecule has 2 aromatic rings. The number of hydrogen-bond donors (Lipinski definition) is 1. The summed E-state index contributed by atoms with van der Waals surface area (Å²) in [6, 6.07) is 11.8. The van der Waals surface area contributed by atoms with Crippen LogP contribution >= 0.6 is 0 Å². The van der Waals surface area contributed by atoms with Gasteiger partial charge >= 0.3 is 0 Å². The van der Waals surface area contributed by atoms with Gasteiger partial charge in [0.1, 0.15) is 5.82 Å². The molecule has 2 fully saturated rings. The summed E-state index contributed by atoms with van der Waals surface area (Å²) in [5.74, 6) is -0.753. The van der Waals surface area contributed by atoms with Crippen LogP contribution in [-0.2, 0) is 9.47 Å². The van der Waals surface area contributed by atoms with Gasteiger partial charge < -0.3 is 24.6 Å². The zero-order valence-corrected chi connectivity index (χ0v) is 15.7. The normalized spacial score (nSPS) is 17.5. The van der Waals surface area contributed by atoms with Crippen molar-refractivity contribution in [1.82, 2.24) is 0 Å². The number of nitrogens with zero attached hydrogens (tertiary/aromatic N) is 2. The molecule has 7 heteroatoms. The second-order valence-corrected chi connectivity index (χ2v) is 6.86. The van der Waals surface area contributed by atoms with Crippen molar-refractivity contribution in [1.29, 1.82) is 0 Å². The van der Waals surface area contributed by atoms with Gasteiger partial charge in [-0.3, -0.25) is 4.79 Å². The Morgan fingerprint density at radius 1 is 0.893 bits per heavy atom. The summed E-state index contributed by atoms with van der Waals surface area (Å²) in [5.41, 5.74) is 3.07. The van der Waals surface area contributed by atoms with Crippen LogP contribution in [0.1, 0.15) is 10.4 Å². The lowest BCUT2D eigenvalue weighted by Crippen LogP contribution is -2.38. The largest absolute Gasteiger partial charge is 0.378 e. The lowest BCUT2D eigenvalue weighted by Gasteiger charge is -2.33. The number of halogens is 1. The molecule has 0 bridgehead atoms. The van der Waals surface area contributed by atoms with Gasteiger partial charge in [0.2, 0.25) is 0 Å². The summed E-state index contributed by atoms with van der Waals surface area (Å²) in [6.07, 6.45) is 0. The average molecular weight is 385 g/mol. The number of nitrogens with one attached hydrogen (secondary N) is 1. The van der Waals surface area contributed by atoms with Gasteiger partial charge in [-0.25, -0.2) is 4.39 Å². The minimum Gasteiger partial charge on any atom is -0.378 e. The van der Waals surface area contributed by atoms with Crippen LogP contribution in [0.4, 0.5) is 21.5 Å². The van der Waals surface area contributed by atoms with Crippen LogP contribution < -0.4 is 15.1 Å². The molecule has 2 saturated heterocycles. The van der Waals surface area contributed by atoms with E-state index in [4.69, 9.17) is 9.47 Å². The lowest BCUT2D eigenvalue weighted by atomic mass is 10.1. The van der Waals surface area contributed by atoms with E-state index >= 15 is 0 Å². The van der Waals surface area contributed by atoms with E-state index in [-0.39, 0.29) is 5.91 Å². The smallest absolute Gasteiger partial charge is 0.255 e. The summed E-state index contributed by atoms with van der Waals surface area (Å²) >= 11 is 0. The van der Waals surface area contributed by atoms with Gasteiger partial charge in [-0.05, 0) is 36.4 Å². The van der Waals surface area contributed by atoms with Crippen molar-refractivity contribution in [3.05, 3.63) is 53.8 Å². The minimum atomic E-state index is -0.427. The molecule has 0 aromatic heterocycles. The van der Waals surface area contributed by atoms with Gasteiger partial charge in [-0.2, -0.15) is 0 Å². The van der Waals surface area contributed by atoms with Gasteiger partial charge in [-0.1, -0.05) is 6.07 Å². The van der Waals surface area contributed by atoms with E-state index in [1.807, 2.05) is 12.1 Å². The standard InChI is InChI=1S/C21H24FN3O3/c22-17-3-1-2-16(14-17)21(26)23-19-5-4-18(24-6-10-27-11-7-24)15-20(19)25-8-12-28-13-9-25/h1-5,14-15H,6-13H2,(H,23,26). The second kappa shape index (κ2) is 8.58. The molecule has 148 valence electrons. The van der Waals surface area contributed by atoms with E-state index in [0.717, 1.165) is 37.6 Å². The number of carbonyl (C=O) groups excluding carboxylic acids is 1. The average Bonchev–Trinajstić information content (AvgIpc) is 2.75. The number of rotatable bonds is 4. The first kappa shape index (κ1) is 18.7. The topological polar surface area (TPSA) is 54.0 Å². The Hall–Kier alpha value is -2.64. The Morgan fingerprint density at radius 2 is 1.57 bits per heavy atom. The van der Waals surface area contributed by atoms with Crippen LogP contribution in [0, 0.1) is 5.82 Å².